The molecule has 0 aliphatic carbocycles. The summed E-state index contributed by atoms with van der Waals surface area (Å²) in [5.41, 5.74) is 1.85. The molecule has 2 heterocycles. The van der Waals surface area contributed by atoms with Gasteiger partial charge in [0.05, 0.1) is 5.69 Å². The van der Waals surface area contributed by atoms with Crippen molar-refractivity contribution in [2.24, 2.45) is 0 Å². The highest BCUT2D eigenvalue weighted by molar-refractivity contribution is 5.35. The van der Waals surface area contributed by atoms with E-state index in [0.717, 1.165) is 11.3 Å². The van der Waals surface area contributed by atoms with Crippen LogP contribution < -0.4 is 10.1 Å². The summed E-state index contributed by atoms with van der Waals surface area (Å²) in [7, 11) is 0. The molecule has 25 heavy (non-hydrogen) atoms. The molecule has 0 amide bonds. The number of anilines is 1. The Morgan fingerprint density at radius 3 is 2.84 bits per heavy atom. The summed E-state index contributed by atoms with van der Waals surface area (Å²) in [6.45, 7) is 0.579. The minimum atomic E-state index is 0.298. The van der Waals surface area contributed by atoms with Crippen molar-refractivity contribution in [3.63, 3.8) is 0 Å². The van der Waals surface area contributed by atoms with Gasteiger partial charge in [-0.05, 0) is 40.3 Å². The number of hydrogen-bond donors (Lipinski definition) is 2. The third kappa shape index (κ3) is 3.44. The average molecular weight is 334 g/mol. The lowest BCUT2D eigenvalue weighted by Gasteiger charge is -2.08. The lowest BCUT2D eigenvalue weighted by Crippen LogP contribution is -2.02. The third-order valence-electron chi connectivity index (χ3n) is 3.42. The molecule has 0 atom stereocenters. The molecular weight excluding hydrogens is 320 g/mol. The van der Waals surface area contributed by atoms with Crippen molar-refractivity contribution in [2.75, 3.05) is 5.32 Å². The molecule has 0 aliphatic rings. The second kappa shape index (κ2) is 6.79. The van der Waals surface area contributed by atoms with Crippen LogP contribution in [0.1, 0.15) is 5.56 Å². The normalized spacial score (nSPS) is 10.6. The van der Waals surface area contributed by atoms with Gasteiger partial charge in [-0.2, -0.15) is 9.78 Å². The number of H-pyrrole nitrogens is 1. The van der Waals surface area contributed by atoms with Crippen LogP contribution in [-0.4, -0.2) is 35.4 Å². The van der Waals surface area contributed by atoms with Gasteiger partial charge in [0.1, 0.15) is 12.1 Å². The van der Waals surface area contributed by atoms with Crippen molar-refractivity contribution in [3.8, 4) is 17.4 Å². The van der Waals surface area contributed by atoms with E-state index in [1.165, 1.54) is 6.33 Å². The first-order valence-electron chi connectivity index (χ1n) is 7.58. The monoisotopic (exact) mass is 334 g/mol. The van der Waals surface area contributed by atoms with Crippen LogP contribution in [0.15, 0.2) is 60.9 Å². The number of ether oxygens (including phenoxy) is 1. The van der Waals surface area contributed by atoms with Crippen molar-refractivity contribution in [1.82, 2.24) is 35.4 Å². The first-order valence-corrected chi connectivity index (χ1v) is 7.58. The number of para-hydroxylation sites is 1. The molecule has 0 radical (unpaired) electrons. The second-order valence-electron chi connectivity index (χ2n) is 5.15. The average Bonchev–Trinajstić information content (AvgIpc) is 3.33. The smallest absolute Gasteiger partial charge is 0.345 e. The second-order valence-corrected chi connectivity index (χ2v) is 5.15. The van der Waals surface area contributed by atoms with Gasteiger partial charge in [0.25, 0.3) is 0 Å². The maximum absolute atomic E-state index is 5.84. The number of aromatic nitrogens is 7. The van der Waals surface area contributed by atoms with Gasteiger partial charge in [0.2, 0.25) is 5.95 Å². The largest absolute Gasteiger partial charge is 0.423 e. The fourth-order valence-corrected chi connectivity index (χ4v) is 2.27. The zero-order valence-corrected chi connectivity index (χ0v) is 13.1. The molecule has 2 N–H and O–H groups in total. The van der Waals surface area contributed by atoms with E-state index in [-0.39, 0.29) is 0 Å². The number of nitrogens with zero attached hydrogens (tertiary/aromatic N) is 6. The number of hydrogen-bond acceptors (Lipinski definition) is 7. The summed E-state index contributed by atoms with van der Waals surface area (Å²) in [4.78, 5) is 4.02. The molecule has 2 aromatic carbocycles. The first kappa shape index (κ1) is 14.8. The fraction of sp³-hybridized carbons (Fsp3) is 0.0625. The summed E-state index contributed by atoms with van der Waals surface area (Å²) in [6, 6.07) is 17.5. The van der Waals surface area contributed by atoms with Crippen molar-refractivity contribution < 1.29 is 4.74 Å². The standard InChI is InChI=1S/C16H14N8O/c1-2-6-13(7-3-1)24-16(21-22-23-24)25-14-8-4-5-12(9-14)10-17-15-18-11-19-20-15/h1-9,11H,10H2,(H2,17,18,19,20). The SMILES string of the molecule is c1ccc(-n2nnnc2Oc2cccc(CNc3ncn[nH]3)c2)cc1. The van der Waals surface area contributed by atoms with Crippen LogP contribution in [0.4, 0.5) is 5.95 Å². The van der Waals surface area contributed by atoms with E-state index < -0.39 is 0 Å². The summed E-state index contributed by atoms with van der Waals surface area (Å²) in [5.74, 6) is 1.25. The lowest BCUT2D eigenvalue weighted by atomic mass is 10.2. The Kier molecular flexibility index (Phi) is 4.02. The van der Waals surface area contributed by atoms with E-state index >= 15 is 0 Å². The number of nitrogens with one attached hydrogen (secondary N) is 2. The minimum absolute atomic E-state index is 0.298. The number of tetrazole rings is 1. The predicted octanol–water partition coefficient (Wildman–Crippen LogP) is 2.18. The maximum atomic E-state index is 5.84. The zero-order chi connectivity index (χ0) is 16.9. The Morgan fingerprint density at radius 2 is 2.00 bits per heavy atom. The molecule has 0 spiro atoms. The molecular formula is C16H14N8O. The van der Waals surface area contributed by atoms with E-state index in [1.54, 1.807) is 4.68 Å². The Morgan fingerprint density at radius 1 is 1.08 bits per heavy atom. The van der Waals surface area contributed by atoms with Crippen LogP contribution in [0.25, 0.3) is 5.69 Å². The van der Waals surface area contributed by atoms with Gasteiger partial charge in [0, 0.05) is 6.54 Å². The molecule has 124 valence electrons. The molecule has 0 fully saturated rings. The third-order valence-corrected chi connectivity index (χ3v) is 3.42. The molecule has 0 unspecified atom stereocenters. The predicted molar refractivity (Wildman–Crippen MR) is 89.4 cm³/mol. The topological polar surface area (TPSA) is 106 Å². The van der Waals surface area contributed by atoms with Crippen molar-refractivity contribution in [3.05, 3.63) is 66.5 Å². The number of aromatic amines is 1. The molecule has 9 nitrogen and oxygen atoms in total. The Bertz CT molecular complexity index is 936. The maximum Gasteiger partial charge on any atom is 0.345 e. The van der Waals surface area contributed by atoms with Crippen LogP contribution in [-0.2, 0) is 6.54 Å². The molecule has 0 saturated heterocycles. The first-order chi connectivity index (χ1) is 12.4. The quantitative estimate of drug-likeness (QED) is 0.556. The zero-order valence-electron chi connectivity index (χ0n) is 13.1. The minimum Gasteiger partial charge on any atom is -0.423 e. The highest BCUT2D eigenvalue weighted by Crippen LogP contribution is 2.22. The molecule has 0 aliphatic heterocycles. The Hall–Kier alpha value is -3.75. The molecule has 0 saturated carbocycles. The molecule has 2 aromatic heterocycles. The van der Waals surface area contributed by atoms with E-state index in [0.29, 0.717) is 24.3 Å². The summed E-state index contributed by atoms with van der Waals surface area (Å²) in [5, 5.41) is 21.3. The number of benzene rings is 2. The number of rotatable bonds is 6. The Labute approximate surface area is 142 Å². The van der Waals surface area contributed by atoms with Gasteiger partial charge in [-0.25, -0.2) is 10.1 Å². The van der Waals surface area contributed by atoms with Gasteiger partial charge in [-0.3, -0.25) is 0 Å². The van der Waals surface area contributed by atoms with Crippen LogP contribution in [0.2, 0.25) is 0 Å². The van der Waals surface area contributed by atoms with Crippen molar-refractivity contribution in [2.45, 2.75) is 6.54 Å². The van der Waals surface area contributed by atoms with Crippen LogP contribution in [0, 0.1) is 0 Å². The van der Waals surface area contributed by atoms with Gasteiger partial charge >= 0.3 is 6.01 Å². The van der Waals surface area contributed by atoms with Gasteiger partial charge in [0.15, 0.2) is 0 Å². The fourth-order valence-electron chi connectivity index (χ4n) is 2.27. The summed E-state index contributed by atoms with van der Waals surface area (Å²) >= 11 is 0. The highest BCUT2D eigenvalue weighted by atomic mass is 16.5. The van der Waals surface area contributed by atoms with Crippen molar-refractivity contribution in [1.29, 1.82) is 0 Å². The highest BCUT2D eigenvalue weighted by Gasteiger charge is 2.10. The van der Waals surface area contributed by atoms with E-state index in [9.17, 15) is 0 Å². The van der Waals surface area contributed by atoms with Crippen molar-refractivity contribution >= 4 is 5.95 Å². The van der Waals surface area contributed by atoms with Crippen LogP contribution >= 0.6 is 0 Å². The summed E-state index contributed by atoms with van der Waals surface area (Å²) < 4.78 is 7.39. The van der Waals surface area contributed by atoms with E-state index in [4.69, 9.17) is 4.74 Å². The molecule has 0 bridgehead atoms. The van der Waals surface area contributed by atoms with Gasteiger partial charge < -0.3 is 10.1 Å². The molecule has 4 rings (SSSR count). The Balaban J connectivity index is 1.50. The van der Waals surface area contributed by atoms with E-state index in [1.807, 2.05) is 54.6 Å². The van der Waals surface area contributed by atoms with Crippen LogP contribution in [0.5, 0.6) is 11.8 Å². The molecule has 9 heteroatoms. The lowest BCUT2D eigenvalue weighted by molar-refractivity contribution is 0.427. The van der Waals surface area contributed by atoms with Gasteiger partial charge in [-0.1, -0.05) is 35.4 Å². The summed E-state index contributed by atoms with van der Waals surface area (Å²) in [6.07, 6.45) is 1.45. The van der Waals surface area contributed by atoms with E-state index in [2.05, 4.69) is 36.0 Å². The van der Waals surface area contributed by atoms with Crippen LogP contribution in [0.3, 0.4) is 0 Å². The molecule has 4 aromatic rings. The van der Waals surface area contributed by atoms with Gasteiger partial charge in [-0.15, -0.1) is 0 Å².